The van der Waals surface area contributed by atoms with Gasteiger partial charge in [-0.25, -0.2) is 0 Å². The summed E-state index contributed by atoms with van der Waals surface area (Å²) in [5.74, 6) is -0.827. The number of rotatable bonds is 4. The Balaban J connectivity index is 2.22. The summed E-state index contributed by atoms with van der Waals surface area (Å²) in [6.45, 7) is 0. The maximum atomic E-state index is 13.2. The first-order chi connectivity index (χ1) is 9.08. The predicted octanol–water partition coefficient (Wildman–Crippen LogP) is 3.88. The van der Waals surface area contributed by atoms with E-state index in [1.165, 1.54) is 24.1 Å². The number of hydrogen-bond donors (Lipinski definition) is 0. The van der Waals surface area contributed by atoms with Gasteiger partial charge >= 0.3 is 5.69 Å². The van der Waals surface area contributed by atoms with Crippen LogP contribution in [-0.4, -0.2) is 12.0 Å². The molecule has 0 saturated carbocycles. The fourth-order valence-corrected chi connectivity index (χ4v) is 2.34. The predicted molar refractivity (Wildman–Crippen MR) is 73.8 cm³/mol. The number of halogens is 1. The summed E-state index contributed by atoms with van der Waals surface area (Å²) in [6, 6.07) is 13.4. The Hall–Kier alpha value is -2.08. The van der Waals surface area contributed by atoms with Gasteiger partial charge in [-0.05, 0) is 36.2 Å². The molecule has 0 unspecified atom stereocenters. The van der Waals surface area contributed by atoms with Gasteiger partial charge in [-0.2, -0.15) is 4.39 Å². The second-order valence-corrected chi connectivity index (χ2v) is 5.00. The van der Waals surface area contributed by atoms with Crippen LogP contribution in [-0.2, 0) is 0 Å². The minimum Gasteiger partial charge on any atom is -0.315 e. The summed E-state index contributed by atoms with van der Waals surface area (Å²) in [6.07, 6.45) is 0. The zero-order valence-corrected chi connectivity index (χ0v) is 10.9. The lowest BCUT2D eigenvalue weighted by Gasteiger charge is -2.17. The molecule has 98 valence electrons. The van der Waals surface area contributed by atoms with E-state index in [-0.39, 0.29) is 0 Å². The second kappa shape index (κ2) is 5.71. The smallest absolute Gasteiger partial charge is 0.306 e. The van der Waals surface area contributed by atoms with Crippen molar-refractivity contribution in [2.24, 2.45) is 0 Å². The topological polar surface area (TPSA) is 46.4 Å². The molecule has 0 bridgehead atoms. The number of nitro groups is 1. The van der Waals surface area contributed by atoms with Gasteiger partial charge in [-0.15, -0.1) is 0 Å². The standard InChI is InChI=1S/C13H11FN2O2S/c1-15(19-11-5-3-2-4-6-11)10-7-8-12(14)13(9-10)16(17)18/h2-9H,1H3. The molecule has 0 N–H and O–H groups in total. The van der Waals surface area contributed by atoms with E-state index in [0.717, 1.165) is 11.0 Å². The zero-order chi connectivity index (χ0) is 13.8. The SMILES string of the molecule is CN(Sc1ccccc1)c1ccc(F)c([N+](=O)[O-])c1. The van der Waals surface area contributed by atoms with E-state index in [1.54, 1.807) is 11.4 Å². The van der Waals surface area contributed by atoms with Crippen LogP contribution in [0.15, 0.2) is 53.4 Å². The van der Waals surface area contributed by atoms with E-state index in [2.05, 4.69) is 0 Å². The highest BCUT2D eigenvalue weighted by Gasteiger charge is 2.16. The molecule has 0 radical (unpaired) electrons. The number of nitrogens with zero attached hydrogens (tertiary/aromatic N) is 2. The van der Waals surface area contributed by atoms with Crippen LogP contribution in [0.2, 0.25) is 0 Å². The van der Waals surface area contributed by atoms with Crippen molar-refractivity contribution in [3.63, 3.8) is 0 Å². The highest BCUT2D eigenvalue weighted by molar-refractivity contribution is 8.00. The highest BCUT2D eigenvalue weighted by atomic mass is 32.2. The maximum Gasteiger partial charge on any atom is 0.306 e. The second-order valence-electron chi connectivity index (χ2n) is 3.79. The number of nitro benzene ring substituents is 1. The van der Waals surface area contributed by atoms with Gasteiger partial charge in [0.2, 0.25) is 5.82 Å². The van der Waals surface area contributed by atoms with Gasteiger partial charge in [0.15, 0.2) is 0 Å². The summed E-state index contributed by atoms with van der Waals surface area (Å²) in [7, 11) is 1.77. The molecule has 19 heavy (non-hydrogen) atoms. The van der Waals surface area contributed by atoms with Gasteiger partial charge in [0, 0.05) is 18.0 Å². The molecule has 2 aromatic rings. The highest BCUT2D eigenvalue weighted by Crippen LogP contribution is 2.30. The molecule has 0 atom stereocenters. The molecule has 0 aliphatic rings. The minimum absolute atomic E-state index is 0.516. The summed E-state index contributed by atoms with van der Waals surface area (Å²) in [4.78, 5) is 11.0. The molecule has 0 amide bonds. The van der Waals surface area contributed by atoms with E-state index < -0.39 is 16.4 Å². The molecule has 0 aromatic heterocycles. The van der Waals surface area contributed by atoms with Crippen LogP contribution in [0.3, 0.4) is 0 Å². The molecule has 6 heteroatoms. The monoisotopic (exact) mass is 278 g/mol. The zero-order valence-electron chi connectivity index (χ0n) is 10.1. The molecule has 0 spiro atoms. The van der Waals surface area contributed by atoms with Crippen LogP contribution in [0.5, 0.6) is 0 Å². The third-order valence-electron chi connectivity index (χ3n) is 2.48. The Kier molecular flexibility index (Phi) is 4.01. The van der Waals surface area contributed by atoms with Crippen LogP contribution in [0.25, 0.3) is 0 Å². The minimum atomic E-state index is -0.827. The van der Waals surface area contributed by atoms with Gasteiger partial charge in [-0.3, -0.25) is 10.1 Å². The summed E-state index contributed by atoms with van der Waals surface area (Å²) < 4.78 is 15.0. The lowest BCUT2D eigenvalue weighted by molar-refractivity contribution is -0.387. The van der Waals surface area contributed by atoms with E-state index in [4.69, 9.17) is 0 Å². The average Bonchev–Trinajstić information content (AvgIpc) is 2.40. The van der Waals surface area contributed by atoms with E-state index in [9.17, 15) is 14.5 Å². The van der Waals surface area contributed by atoms with Crippen molar-refractivity contribution in [3.8, 4) is 0 Å². The van der Waals surface area contributed by atoms with Gasteiger partial charge in [-0.1, -0.05) is 18.2 Å². The molecular formula is C13H11FN2O2S. The third-order valence-corrected chi connectivity index (χ3v) is 3.44. The van der Waals surface area contributed by atoms with Crippen LogP contribution in [0.4, 0.5) is 15.8 Å². The van der Waals surface area contributed by atoms with E-state index in [0.29, 0.717) is 5.69 Å². The maximum absolute atomic E-state index is 13.2. The Labute approximate surface area is 114 Å². The fourth-order valence-electron chi connectivity index (χ4n) is 1.53. The molecule has 2 rings (SSSR count). The van der Waals surface area contributed by atoms with Crippen LogP contribution < -0.4 is 4.31 Å². The normalized spacial score (nSPS) is 10.2. The van der Waals surface area contributed by atoms with Crippen LogP contribution >= 0.6 is 11.9 Å². The molecule has 0 aliphatic carbocycles. The third kappa shape index (κ3) is 3.23. The van der Waals surface area contributed by atoms with Crippen molar-refractivity contribution in [2.75, 3.05) is 11.4 Å². The Morgan fingerprint density at radius 1 is 1.21 bits per heavy atom. The molecular weight excluding hydrogens is 267 g/mol. The Bertz CT molecular complexity index is 592. The molecule has 4 nitrogen and oxygen atoms in total. The van der Waals surface area contributed by atoms with Crippen LogP contribution in [0, 0.1) is 15.9 Å². The van der Waals surface area contributed by atoms with Crippen molar-refractivity contribution in [2.45, 2.75) is 4.90 Å². The van der Waals surface area contributed by atoms with Gasteiger partial charge in [0.25, 0.3) is 0 Å². The first-order valence-electron chi connectivity index (χ1n) is 5.48. The lowest BCUT2D eigenvalue weighted by atomic mass is 10.2. The van der Waals surface area contributed by atoms with Crippen LogP contribution in [0.1, 0.15) is 0 Å². The first kappa shape index (κ1) is 13.4. The Morgan fingerprint density at radius 2 is 1.89 bits per heavy atom. The van der Waals surface area contributed by atoms with Crippen molar-refractivity contribution in [3.05, 3.63) is 64.5 Å². The lowest BCUT2D eigenvalue weighted by Crippen LogP contribution is -2.06. The average molecular weight is 278 g/mol. The largest absolute Gasteiger partial charge is 0.315 e. The summed E-state index contributed by atoms with van der Waals surface area (Å²) in [5.41, 5.74) is 0.0555. The van der Waals surface area contributed by atoms with Crippen molar-refractivity contribution in [1.82, 2.24) is 0 Å². The summed E-state index contributed by atoms with van der Waals surface area (Å²) >= 11 is 1.41. The molecule has 0 aliphatic heterocycles. The van der Waals surface area contributed by atoms with E-state index >= 15 is 0 Å². The quantitative estimate of drug-likeness (QED) is 0.484. The number of hydrogen-bond acceptors (Lipinski definition) is 4. The summed E-state index contributed by atoms with van der Waals surface area (Å²) in [5, 5.41) is 10.7. The molecule has 2 aromatic carbocycles. The Morgan fingerprint density at radius 3 is 2.53 bits per heavy atom. The number of benzene rings is 2. The number of anilines is 1. The molecule has 0 heterocycles. The van der Waals surface area contributed by atoms with Gasteiger partial charge in [0.1, 0.15) is 0 Å². The molecule has 0 saturated heterocycles. The molecule has 0 fully saturated rings. The van der Waals surface area contributed by atoms with Crippen molar-refractivity contribution >= 4 is 23.3 Å². The van der Waals surface area contributed by atoms with Crippen molar-refractivity contribution in [1.29, 1.82) is 0 Å². The van der Waals surface area contributed by atoms with Gasteiger partial charge in [0.05, 0.1) is 10.6 Å². The van der Waals surface area contributed by atoms with Crippen molar-refractivity contribution < 1.29 is 9.31 Å². The van der Waals surface area contributed by atoms with Gasteiger partial charge < -0.3 is 4.31 Å². The fraction of sp³-hybridized carbons (Fsp3) is 0.0769. The van der Waals surface area contributed by atoms with E-state index in [1.807, 2.05) is 30.3 Å². The first-order valence-corrected chi connectivity index (χ1v) is 6.26.